The van der Waals surface area contributed by atoms with E-state index in [0.29, 0.717) is 21.1 Å². The van der Waals surface area contributed by atoms with Crippen LogP contribution in [0.25, 0.3) is 16.7 Å². The molecule has 0 fully saturated rings. The van der Waals surface area contributed by atoms with Gasteiger partial charge >= 0.3 is 17.6 Å². The SMILES string of the molecule is COC(=O)/C(O)=C(\C(=O)OC)[n+]1cc(N(C)/N=C/c2ccc(Cl)cc2)nc2ccc(Cl)cc21. The second-order valence-corrected chi connectivity index (χ2v) is 7.48. The largest absolute Gasteiger partial charge is 0.497 e. The molecule has 11 heteroatoms. The Bertz CT molecular complexity index is 1280. The number of methoxy groups -OCH3 is 2. The van der Waals surface area contributed by atoms with Gasteiger partial charge in [0.05, 0.1) is 20.4 Å². The number of rotatable bonds is 6. The number of carbonyl (C=O) groups excluding carboxylic acids is 2. The summed E-state index contributed by atoms with van der Waals surface area (Å²) in [5, 5.41) is 17.2. The quantitative estimate of drug-likeness (QED) is 0.141. The van der Waals surface area contributed by atoms with Crippen molar-refractivity contribution in [1.82, 2.24) is 4.98 Å². The Morgan fingerprint density at radius 2 is 1.70 bits per heavy atom. The minimum Gasteiger partial charge on any atom is -0.497 e. The molecule has 0 aliphatic heterocycles. The number of benzene rings is 2. The Morgan fingerprint density at radius 1 is 1.06 bits per heavy atom. The van der Waals surface area contributed by atoms with Gasteiger partial charge in [0.1, 0.15) is 5.52 Å². The molecule has 0 atom stereocenters. The maximum Gasteiger partial charge on any atom is 0.408 e. The number of ether oxygens (including phenoxy) is 2. The van der Waals surface area contributed by atoms with Gasteiger partial charge in [0.15, 0.2) is 0 Å². The van der Waals surface area contributed by atoms with E-state index in [9.17, 15) is 14.7 Å². The summed E-state index contributed by atoms with van der Waals surface area (Å²) in [6.07, 6.45) is 3.00. The van der Waals surface area contributed by atoms with E-state index < -0.39 is 23.4 Å². The van der Waals surface area contributed by atoms with Crippen LogP contribution < -0.4 is 9.58 Å². The minimum atomic E-state index is -1.12. The van der Waals surface area contributed by atoms with Crippen LogP contribution in [0.1, 0.15) is 5.56 Å². The summed E-state index contributed by atoms with van der Waals surface area (Å²) in [7, 11) is 3.83. The molecule has 1 heterocycles. The van der Waals surface area contributed by atoms with Crippen LogP contribution in [-0.4, -0.2) is 49.5 Å². The Balaban J connectivity index is 2.19. The van der Waals surface area contributed by atoms with Crippen LogP contribution in [0.5, 0.6) is 0 Å². The van der Waals surface area contributed by atoms with Crippen molar-refractivity contribution in [2.24, 2.45) is 5.10 Å². The summed E-state index contributed by atoms with van der Waals surface area (Å²) in [4.78, 5) is 29.1. The summed E-state index contributed by atoms with van der Waals surface area (Å²) in [6, 6.07) is 11.8. The van der Waals surface area contributed by atoms with E-state index in [-0.39, 0.29) is 5.82 Å². The van der Waals surface area contributed by atoms with Crippen LogP contribution in [0.4, 0.5) is 5.82 Å². The number of aromatic nitrogens is 2. The fraction of sp³-hybridized carbons (Fsp3) is 0.136. The lowest BCUT2D eigenvalue weighted by Gasteiger charge is -2.12. The van der Waals surface area contributed by atoms with Gasteiger partial charge < -0.3 is 14.6 Å². The summed E-state index contributed by atoms with van der Waals surface area (Å²) in [6.45, 7) is 0. The van der Waals surface area contributed by atoms with E-state index in [1.807, 2.05) is 0 Å². The monoisotopic (exact) mass is 489 g/mol. The predicted octanol–water partition coefficient (Wildman–Crippen LogP) is 3.37. The third kappa shape index (κ3) is 5.39. The topological polar surface area (TPSA) is 105 Å². The van der Waals surface area contributed by atoms with E-state index in [2.05, 4.69) is 14.8 Å². The van der Waals surface area contributed by atoms with Gasteiger partial charge in [-0.25, -0.2) is 19.6 Å². The van der Waals surface area contributed by atoms with Gasteiger partial charge in [-0.05, 0) is 29.8 Å². The summed E-state index contributed by atoms with van der Waals surface area (Å²) < 4.78 is 10.6. The molecule has 170 valence electrons. The van der Waals surface area contributed by atoms with Crippen molar-refractivity contribution in [2.75, 3.05) is 26.3 Å². The van der Waals surface area contributed by atoms with E-state index in [4.69, 9.17) is 27.9 Å². The zero-order valence-electron chi connectivity index (χ0n) is 17.8. The third-order valence-electron chi connectivity index (χ3n) is 4.48. The molecular weight excluding hydrogens is 471 g/mol. The number of hydrazone groups is 1. The first kappa shape index (κ1) is 24.0. The number of hydrogen-bond acceptors (Lipinski definition) is 8. The zero-order chi connectivity index (χ0) is 24.1. The normalized spacial score (nSPS) is 11.9. The van der Waals surface area contributed by atoms with Gasteiger partial charge in [0, 0.05) is 23.2 Å². The predicted molar refractivity (Wildman–Crippen MR) is 124 cm³/mol. The van der Waals surface area contributed by atoms with Gasteiger partial charge in [-0.2, -0.15) is 5.10 Å². The number of halogens is 2. The average Bonchev–Trinajstić information content (AvgIpc) is 2.82. The molecule has 0 aliphatic rings. The fourth-order valence-electron chi connectivity index (χ4n) is 2.82. The van der Waals surface area contributed by atoms with Crippen molar-refractivity contribution < 1.29 is 28.7 Å². The summed E-state index contributed by atoms with van der Waals surface area (Å²) in [5.41, 5.74) is 1.06. The molecule has 0 radical (unpaired) electrons. The Kier molecular flexibility index (Phi) is 7.47. The average molecular weight is 490 g/mol. The van der Waals surface area contributed by atoms with Gasteiger partial charge in [-0.1, -0.05) is 35.3 Å². The molecule has 0 saturated carbocycles. The Morgan fingerprint density at radius 3 is 2.33 bits per heavy atom. The van der Waals surface area contributed by atoms with E-state index in [0.717, 1.165) is 19.8 Å². The number of aliphatic hydroxyl groups excluding tert-OH is 1. The molecular formula is C22H19Cl2N4O5+. The first-order chi connectivity index (χ1) is 15.7. The number of carbonyl (C=O) groups is 2. The first-order valence-corrected chi connectivity index (χ1v) is 10.2. The standard InChI is InChI=1S/C22H18Cl2N4O5/c1-27(25-11-13-4-6-14(23)7-5-13)18-12-28(17-10-15(24)8-9-16(17)26-18)19(21(30)32-2)20(29)22(31)33-3/h4-12H,1-3H3/p+1/b25-11+. The molecule has 0 bridgehead atoms. The highest BCUT2D eigenvalue weighted by Gasteiger charge is 2.34. The highest BCUT2D eigenvalue weighted by molar-refractivity contribution is 6.31. The van der Waals surface area contributed by atoms with Crippen molar-refractivity contribution >= 4 is 63.9 Å². The molecule has 0 saturated heterocycles. The molecule has 1 aromatic heterocycles. The molecule has 3 rings (SSSR count). The van der Waals surface area contributed by atoms with Crippen LogP contribution in [0.2, 0.25) is 10.0 Å². The molecule has 0 unspecified atom stereocenters. The van der Waals surface area contributed by atoms with Crippen LogP contribution in [0.15, 0.2) is 59.5 Å². The van der Waals surface area contributed by atoms with Crippen LogP contribution in [-0.2, 0) is 19.1 Å². The molecule has 9 nitrogen and oxygen atoms in total. The fourth-order valence-corrected chi connectivity index (χ4v) is 3.12. The molecule has 0 amide bonds. The maximum absolute atomic E-state index is 12.5. The third-order valence-corrected chi connectivity index (χ3v) is 4.97. The first-order valence-electron chi connectivity index (χ1n) is 9.40. The number of esters is 2. The number of aliphatic hydroxyl groups is 1. The number of anilines is 1. The highest BCUT2D eigenvalue weighted by atomic mass is 35.5. The maximum atomic E-state index is 12.5. The molecule has 0 spiro atoms. The summed E-state index contributed by atoms with van der Waals surface area (Å²) in [5.74, 6) is -2.76. The number of hydrogen-bond donors (Lipinski definition) is 1. The molecule has 1 N–H and O–H groups in total. The highest BCUT2D eigenvalue weighted by Crippen LogP contribution is 2.21. The van der Waals surface area contributed by atoms with Crippen LogP contribution in [0, 0.1) is 0 Å². The van der Waals surface area contributed by atoms with Gasteiger partial charge in [-0.3, -0.25) is 0 Å². The molecule has 33 heavy (non-hydrogen) atoms. The summed E-state index contributed by atoms with van der Waals surface area (Å²) >= 11 is 12.0. The van der Waals surface area contributed by atoms with E-state index in [1.165, 1.54) is 21.8 Å². The van der Waals surface area contributed by atoms with Gasteiger partial charge in [0.2, 0.25) is 17.5 Å². The lowest BCUT2D eigenvalue weighted by atomic mass is 10.2. The number of nitrogens with zero attached hydrogens (tertiary/aromatic N) is 4. The van der Waals surface area contributed by atoms with Crippen LogP contribution >= 0.6 is 23.2 Å². The van der Waals surface area contributed by atoms with Crippen molar-refractivity contribution in [1.29, 1.82) is 0 Å². The van der Waals surface area contributed by atoms with Crippen molar-refractivity contribution in [3.05, 3.63) is 70.0 Å². The van der Waals surface area contributed by atoms with Gasteiger partial charge in [0.25, 0.3) is 5.76 Å². The zero-order valence-corrected chi connectivity index (χ0v) is 19.3. The van der Waals surface area contributed by atoms with Gasteiger partial charge in [-0.15, -0.1) is 4.57 Å². The van der Waals surface area contributed by atoms with E-state index >= 15 is 0 Å². The number of fused-ring (bicyclic) bond motifs is 1. The van der Waals surface area contributed by atoms with Crippen molar-refractivity contribution in [3.8, 4) is 0 Å². The smallest absolute Gasteiger partial charge is 0.408 e. The second kappa shape index (κ2) is 10.3. The lowest BCUT2D eigenvalue weighted by Crippen LogP contribution is -2.41. The minimum absolute atomic E-state index is 0.286. The van der Waals surface area contributed by atoms with Crippen molar-refractivity contribution in [2.45, 2.75) is 0 Å². The Labute approximate surface area is 199 Å². The van der Waals surface area contributed by atoms with Crippen LogP contribution in [0.3, 0.4) is 0 Å². The van der Waals surface area contributed by atoms with Crippen molar-refractivity contribution in [3.63, 3.8) is 0 Å². The lowest BCUT2D eigenvalue weighted by molar-refractivity contribution is -0.550. The Hall–Kier alpha value is -3.69. The second-order valence-electron chi connectivity index (χ2n) is 6.60. The molecule has 0 aliphatic carbocycles. The molecule has 2 aromatic carbocycles. The molecule has 3 aromatic rings. The van der Waals surface area contributed by atoms with E-state index in [1.54, 1.807) is 49.7 Å².